The van der Waals surface area contributed by atoms with Crippen LogP contribution >= 0.6 is 0 Å². The average molecular weight is 258 g/mol. The van der Waals surface area contributed by atoms with Crippen LogP contribution < -0.4 is 10.6 Å². The number of carboxylic acids is 1. The van der Waals surface area contributed by atoms with Gasteiger partial charge in [0.05, 0.1) is 6.10 Å². The molecule has 0 aromatic rings. The number of urea groups is 1. The van der Waals surface area contributed by atoms with E-state index in [9.17, 15) is 9.59 Å². The summed E-state index contributed by atoms with van der Waals surface area (Å²) in [7, 11) is 0. The molecule has 6 heteroatoms. The molecule has 1 rings (SSSR count). The Hall–Kier alpha value is -1.30. The number of hydrogen-bond donors (Lipinski definition) is 3. The Kier molecular flexibility index (Phi) is 6.49. The van der Waals surface area contributed by atoms with Crippen LogP contribution in [0, 0.1) is 5.92 Å². The van der Waals surface area contributed by atoms with Crippen LogP contribution in [0.15, 0.2) is 0 Å². The van der Waals surface area contributed by atoms with E-state index in [2.05, 4.69) is 10.6 Å². The van der Waals surface area contributed by atoms with E-state index in [4.69, 9.17) is 9.84 Å². The minimum Gasteiger partial charge on any atom is -0.481 e. The van der Waals surface area contributed by atoms with Gasteiger partial charge in [-0.3, -0.25) is 4.79 Å². The molecule has 1 aliphatic heterocycles. The molecule has 104 valence electrons. The number of ether oxygens (including phenoxy) is 1. The summed E-state index contributed by atoms with van der Waals surface area (Å²) in [5.41, 5.74) is 0. The molecule has 0 saturated carbocycles. The first kappa shape index (κ1) is 14.8. The molecule has 3 N–H and O–H groups in total. The van der Waals surface area contributed by atoms with Gasteiger partial charge in [0.15, 0.2) is 0 Å². The summed E-state index contributed by atoms with van der Waals surface area (Å²) in [6.07, 6.45) is 2.75. The second-order valence-electron chi connectivity index (χ2n) is 4.71. The summed E-state index contributed by atoms with van der Waals surface area (Å²) in [5.74, 6) is -0.369. The topological polar surface area (TPSA) is 87.7 Å². The van der Waals surface area contributed by atoms with Crippen LogP contribution in [0.3, 0.4) is 0 Å². The van der Waals surface area contributed by atoms with Crippen molar-refractivity contribution in [1.29, 1.82) is 0 Å². The van der Waals surface area contributed by atoms with Gasteiger partial charge in [0.1, 0.15) is 0 Å². The highest BCUT2D eigenvalue weighted by atomic mass is 16.5. The summed E-state index contributed by atoms with van der Waals surface area (Å²) < 4.78 is 5.43. The lowest BCUT2D eigenvalue weighted by Gasteiger charge is -2.27. The highest BCUT2D eigenvalue weighted by Crippen LogP contribution is 2.18. The molecule has 0 bridgehead atoms. The predicted octanol–water partition coefficient (Wildman–Crippen LogP) is 0.965. The second-order valence-corrected chi connectivity index (χ2v) is 4.71. The van der Waals surface area contributed by atoms with Gasteiger partial charge >= 0.3 is 12.0 Å². The molecule has 18 heavy (non-hydrogen) atoms. The third-order valence-corrected chi connectivity index (χ3v) is 3.00. The lowest BCUT2D eigenvalue weighted by atomic mass is 9.96. The number of aliphatic carboxylic acids is 1. The maximum absolute atomic E-state index is 11.4. The lowest BCUT2D eigenvalue weighted by Crippen LogP contribution is -2.40. The zero-order valence-electron chi connectivity index (χ0n) is 10.8. The largest absolute Gasteiger partial charge is 0.481 e. The maximum atomic E-state index is 11.4. The van der Waals surface area contributed by atoms with Crippen LogP contribution in [0.2, 0.25) is 0 Å². The minimum absolute atomic E-state index is 0.0811. The molecule has 6 nitrogen and oxygen atoms in total. The van der Waals surface area contributed by atoms with Crippen molar-refractivity contribution in [3.8, 4) is 0 Å². The van der Waals surface area contributed by atoms with E-state index in [1.54, 1.807) is 0 Å². The highest BCUT2D eigenvalue weighted by molar-refractivity contribution is 5.73. The molecule has 2 amide bonds. The fourth-order valence-electron chi connectivity index (χ4n) is 2.02. The van der Waals surface area contributed by atoms with Crippen LogP contribution in [-0.4, -0.2) is 42.9 Å². The van der Waals surface area contributed by atoms with Crippen LogP contribution in [-0.2, 0) is 9.53 Å². The van der Waals surface area contributed by atoms with Crippen molar-refractivity contribution in [2.24, 2.45) is 5.92 Å². The van der Waals surface area contributed by atoms with E-state index in [0.717, 1.165) is 19.4 Å². The quantitative estimate of drug-likeness (QED) is 0.619. The van der Waals surface area contributed by atoms with Crippen molar-refractivity contribution in [2.45, 2.75) is 38.7 Å². The first-order chi connectivity index (χ1) is 8.58. The van der Waals surface area contributed by atoms with Gasteiger partial charge in [0.25, 0.3) is 0 Å². The van der Waals surface area contributed by atoms with E-state index < -0.39 is 5.97 Å². The molecule has 2 atom stereocenters. The Morgan fingerprint density at radius 3 is 2.83 bits per heavy atom. The fraction of sp³-hybridized carbons (Fsp3) is 0.833. The molecule has 2 unspecified atom stereocenters. The zero-order valence-corrected chi connectivity index (χ0v) is 10.8. The number of rotatable bonds is 6. The van der Waals surface area contributed by atoms with Crippen molar-refractivity contribution in [3.63, 3.8) is 0 Å². The Balaban J connectivity index is 2.04. The van der Waals surface area contributed by atoms with Crippen molar-refractivity contribution >= 4 is 12.0 Å². The SMILES string of the molecule is CC1CC(CNC(=O)NCCCC(=O)O)CCO1. The van der Waals surface area contributed by atoms with Crippen molar-refractivity contribution in [1.82, 2.24) is 10.6 Å². The van der Waals surface area contributed by atoms with Gasteiger partial charge in [0.2, 0.25) is 0 Å². The predicted molar refractivity (Wildman–Crippen MR) is 66.4 cm³/mol. The zero-order chi connectivity index (χ0) is 13.4. The Morgan fingerprint density at radius 2 is 2.17 bits per heavy atom. The van der Waals surface area contributed by atoms with Crippen molar-refractivity contribution in [2.75, 3.05) is 19.7 Å². The second kappa shape index (κ2) is 7.92. The minimum atomic E-state index is -0.839. The molecule has 1 heterocycles. The monoisotopic (exact) mass is 258 g/mol. The highest BCUT2D eigenvalue weighted by Gasteiger charge is 2.19. The van der Waals surface area contributed by atoms with E-state index in [1.165, 1.54) is 0 Å². The third-order valence-electron chi connectivity index (χ3n) is 3.00. The third kappa shape index (κ3) is 6.44. The van der Waals surface area contributed by atoms with Gasteiger partial charge in [0, 0.05) is 26.1 Å². The van der Waals surface area contributed by atoms with Crippen LogP contribution in [0.5, 0.6) is 0 Å². The van der Waals surface area contributed by atoms with Crippen LogP contribution in [0.25, 0.3) is 0 Å². The van der Waals surface area contributed by atoms with Crippen LogP contribution in [0.1, 0.15) is 32.6 Å². The van der Waals surface area contributed by atoms with Gasteiger partial charge in [-0.05, 0) is 32.1 Å². The Bertz CT molecular complexity index is 283. The molecule has 1 aliphatic rings. The summed E-state index contributed by atoms with van der Waals surface area (Å²) in [4.78, 5) is 21.7. The van der Waals surface area contributed by atoms with E-state index in [1.807, 2.05) is 6.92 Å². The molecule has 0 spiro atoms. The normalized spacial score (nSPS) is 23.4. The summed E-state index contributed by atoms with van der Waals surface area (Å²) in [5, 5.41) is 13.9. The molecule has 0 aromatic heterocycles. The average Bonchev–Trinajstić information content (AvgIpc) is 2.32. The molecule has 1 saturated heterocycles. The number of carbonyl (C=O) groups excluding carboxylic acids is 1. The van der Waals surface area contributed by atoms with Crippen molar-refractivity contribution in [3.05, 3.63) is 0 Å². The Labute approximate surface area is 107 Å². The van der Waals surface area contributed by atoms with Crippen LogP contribution in [0.4, 0.5) is 4.79 Å². The molecular formula is C12H22N2O4. The number of nitrogens with one attached hydrogen (secondary N) is 2. The molecular weight excluding hydrogens is 236 g/mol. The molecule has 0 aliphatic carbocycles. The lowest BCUT2D eigenvalue weighted by molar-refractivity contribution is -0.137. The smallest absolute Gasteiger partial charge is 0.314 e. The molecule has 0 radical (unpaired) electrons. The van der Waals surface area contributed by atoms with Gasteiger partial charge in [-0.2, -0.15) is 0 Å². The molecule has 0 aromatic carbocycles. The van der Waals surface area contributed by atoms with Crippen molar-refractivity contribution < 1.29 is 19.4 Å². The summed E-state index contributed by atoms with van der Waals surface area (Å²) in [6.45, 7) is 3.84. The molecule has 1 fully saturated rings. The van der Waals surface area contributed by atoms with E-state index in [0.29, 0.717) is 25.4 Å². The van der Waals surface area contributed by atoms with E-state index in [-0.39, 0.29) is 18.6 Å². The number of amides is 2. The van der Waals surface area contributed by atoms with Gasteiger partial charge in [-0.15, -0.1) is 0 Å². The van der Waals surface area contributed by atoms with Gasteiger partial charge in [-0.1, -0.05) is 0 Å². The maximum Gasteiger partial charge on any atom is 0.314 e. The first-order valence-electron chi connectivity index (χ1n) is 6.43. The summed E-state index contributed by atoms with van der Waals surface area (Å²) >= 11 is 0. The van der Waals surface area contributed by atoms with Gasteiger partial charge < -0.3 is 20.5 Å². The first-order valence-corrected chi connectivity index (χ1v) is 6.43. The van der Waals surface area contributed by atoms with E-state index >= 15 is 0 Å². The fourth-order valence-corrected chi connectivity index (χ4v) is 2.02. The number of carbonyl (C=O) groups is 2. The number of hydrogen-bond acceptors (Lipinski definition) is 3. The van der Waals surface area contributed by atoms with Gasteiger partial charge in [-0.25, -0.2) is 4.79 Å². The Morgan fingerprint density at radius 1 is 1.39 bits per heavy atom. The number of carboxylic acid groups (broad SMARTS) is 1. The summed E-state index contributed by atoms with van der Waals surface area (Å²) in [6, 6.07) is -0.223. The standard InChI is InChI=1S/C12H22N2O4/c1-9-7-10(4-6-18-9)8-14-12(17)13-5-2-3-11(15)16/h9-10H,2-8H2,1H3,(H,15,16)(H2,13,14,17).